The number of carbonyl (C=O) groups is 1. The van der Waals surface area contributed by atoms with Gasteiger partial charge in [-0.3, -0.25) is 10.1 Å². The van der Waals surface area contributed by atoms with E-state index >= 15 is 0 Å². The first-order valence-electron chi connectivity index (χ1n) is 7.69. The molecule has 1 heterocycles. The van der Waals surface area contributed by atoms with E-state index in [2.05, 4.69) is 20.1 Å². The highest BCUT2D eigenvalue weighted by Gasteiger charge is 2.46. The molecule has 1 aliphatic rings. The molecule has 13 heteroatoms. The van der Waals surface area contributed by atoms with Gasteiger partial charge in [0.2, 0.25) is 0 Å². The minimum Gasteiger partial charge on any atom is -0.453 e. The van der Waals surface area contributed by atoms with Crippen molar-refractivity contribution in [2.45, 2.75) is 37.4 Å². The monoisotopic (exact) mass is 379 g/mol. The van der Waals surface area contributed by atoms with E-state index in [1.54, 1.807) is 0 Å². The Labute approximate surface area is 151 Å². The van der Waals surface area contributed by atoms with E-state index in [4.69, 9.17) is 20.5 Å². The number of carbonyl (C=O) groups excluding carboxylic acids is 1. The first-order chi connectivity index (χ1) is 12.9. The van der Waals surface area contributed by atoms with Crippen molar-refractivity contribution in [2.75, 3.05) is 6.54 Å². The molecule has 142 valence electrons. The average molecular weight is 379 g/mol. The lowest BCUT2D eigenvalue weighted by Gasteiger charge is -2.40. The molecule has 1 unspecified atom stereocenters. The van der Waals surface area contributed by atoms with Crippen LogP contribution in [0.5, 0.6) is 0 Å². The molecule has 1 aliphatic heterocycles. The molecule has 0 aromatic heterocycles. The number of rotatable bonds is 6. The summed E-state index contributed by atoms with van der Waals surface area (Å²) in [6.07, 6.45) is -5.31. The fraction of sp³-hybridized carbons (Fsp3) is 0.500. The second kappa shape index (κ2) is 8.81. The zero-order chi connectivity index (χ0) is 20.0. The molecule has 27 heavy (non-hydrogen) atoms. The van der Waals surface area contributed by atoms with Gasteiger partial charge in [0.05, 0.1) is 29.2 Å². The van der Waals surface area contributed by atoms with Gasteiger partial charge in [-0.25, -0.2) is 9.18 Å². The Morgan fingerprint density at radius 3 is 2.59 bits per heavy atom. The molecule has 0 radical (unpaired) electrons. The van der Waals surface area contributed by atoms with Crippen LogP contribution in [0.2, 0.25) is 0 Å². The molecule has 1 saturated heterocycles. The van der Waals surface area contributed by atoms with Crippen molar-refractivity contribution in [3.05, 3.63) is 60.8 Å². The van der Waals surface area contributed by atoms with Crippen molar-refractivity contribution in [1.82, 2.24) is 0 Å². The number of nitrogens with zero attached hydrogens (tertiary/aromatic N) is 7. The summed E-state index contributed by atoms with van der Waals surface area (Å²) in [4.78, 5) is 27.4. The van der Waals surface area contributed by atoms with Crippen molar-refractivity contribution in [1.29, 1.82) is 0 Å². The highest BCUT2D eigenvalue weighted by Crippen LogP contribution is 2.29. The highest BCUT2D eigenvalue weighted by atomic mass is 19.1. The van der Waals surface area contributed by atoms with Crippen LogP contribution in [-0.4, -0.2) is 48.0 Å². The van der Waals surface area contributed by atoms with Crippen LogP contribution in [0.3, 0.4) is 0 Å². The quantitative estimate of drug-likeness (QED) is 0.184. The number of azide groups is 2. The van der Waals surface area contributed by atoms with Crippen LogP contribution in [-0.2, 0) is 9.47 Å². The zero-order valence-electron chi connectivity index (χ0n) is 14.0. The number of ether oxygens (including phenoxy) is 2. The standard InChI is InChI=1S/C14H14FN7O5/c1-7-12(19-21-17)11(15)13(10(26-7)6-18-20-16)27-14(23)8-2-4-9(5-3-8)22(24)25/h2-5,7,10-13H,6H2,1H3/t7?,10-,11-,12+,13+/m1/s1. The Morgan fingerprint density at radius 2 is 2.04 bits per heavy atom. The minimum absolute atomic E-state index is 0.0470. The normalized spacial score (nSPS) is 27.0. The fourth-order valence-electron chi connectivity index (χ4n) is 2.62. The fourth-order valence-corrected chi connectivity index (χ4v) is 2.62. The van der Waals surface area contributed by atoms with E-state index in [0.717, 1.165) is 24.3 Å². The summed E-state index contributed by atoms with van der Waals surface area (Å²) in [5, 5.41) is 17.3. The summed E-state index contributed by atoms with van der Waals surface area (Å²) in [6.45, 7) is 1.17. The van der Waals surface area contributed by atoms with Crippen molar-refractivity contribution >= 4 is 11.7 Å². The largest absolute Gasteiger partial charge is 0.453 e. The number of non-ortho nitro benzene ring substituents is 1. The highest BCUT2D eigenvalue weighted by molar-refractivity contribution is 5.89. The van der Waals surface area contributed by atoms with Crippen LogP contribution in [0.4, 0.5) is 10.1 Å². The van der Waals surface area contributed by atoms with E-state index in [0.29, 0.717) is 0 Å². The van der Waals surface area contributed by atoms with Crippen LogP contribution in [0.25, 0.3) is 20.9 Å². The van der Waals surface area contributed by atoms with Crippen LogP contribution in [0.1, 0.15) is 17.3 Å². The second-order valence-electron chi connectivity index (χ2n) is 5.61. The summed E-state index contributed by atoms with van der Waals surface area (Å²) in [5.41, 5.74) is 16.8. The minimum atomic E-state index is -1.90. The molecule has 0 spiro atoms. The summed E-state index contributed by atoms with van der Waals surface area (Å²) >= 11 is 0. The molecule has 0 N–H and O–H groups in total. The van der Waals surface area contributed by atoms with E-state index in [1.807, 2.05) is 0 Å². The second-order valence-corrected chi connectivity index (χ2v) is 5.61. The lowest BCUT2D eigenvalue weighted by molar-refractivity contribution is -0.384. The van der Waals surface area contributed by atoms with Gasteiger partial charge in [-0.2, -0.15) is 0 Å². The topological polar surface area (TPSA) is 176 Å². The number of alkyl halides is 1. The number of halogens is 1. The van der Waals surface area contributed by atoms with Crippen LogP contribution < -0.4 is 0 Å². The smallest absolute Gasteiger partial charge is 0.338 e. The van der Waals surface area contributed by atoms with Gasteiger partial charge in [-0.05, 0) is 30.1 Å². The number of hydrogen-bond donors (Lipinski definition) is 0. The molecule has 0 bridgehead atoms. The third-order valence-electron chi connectivity index (χ3n) is 3.94. The number of nitro benzene ring substituents is 1. The summed E-state index contributed by atoms with van der Waals surface area (Å²) < 4.78 is 25.5. The van der Waals surface area contributed by atoms with Crippen LogP contribution in [0, 0.1) is 10.1 Å². The third kappa shape index (κ3) is 4.61. The van der Waals surface area contributed by atoms with E-state index in [1.165, 1.54) is 6.92 Å². The molecule has 1 aromatic rings. The van der Waals surface area contributed by atoms with Gasteiger partial charge in [0.25, 0.3) is 5.69 Å². The lowest BCUT2D eigenvalue weighted by Crippen LogP contribution is -2.56. The van der Waals surface area contributed by atoms with Crippen molar-refractivity contribution < 1.29 is 23.6 Å². The van der Waals surface area contributed by atoms with E-state index in [-0.39, 0.29) is 17.8 Å². The van der Waals surface area contributed by atoms with Gasteiger partial charge in [0, 0.05) is 22.0 Å². The third-order valence-corrected chi connectivity index (χ3v) is 3.94. The number of benzene rings is 1. The number of esters is 1. The van der Waals surface area contributed by atoms with Gasteiger partial charge in [-0.1, -0.05) is 10.2 Å². The van der Waals surface area contributed by atoms with Crippen molar-refractivity contribution in [3.63, 3.8) is 0 Å². The van der Waals surface area contributed by atoms with Crippen LogP contribution >= 0.6 is 0 Å². The maximum Gasteiger partial charge on any atom is 0.338 e. The molecular formula is C14H14FN7O5. The van der Waals surface area contributed by atoms with E-state index < -0.39 is 41.4 Å². The molecule has 12 nitrogen and oxygen atoms in total. The average Bonchev–Trinajstić information content (AvgIpc) is 2.65. The van der Waals surface area contributed by atoms with Gasteiger partial charge in [0.1, 0.15) is 6.10 Å². The first-order valence-corrected chi connectivity index (χ1v) is 7.69. The summed E-state index contributed by atoms with van der Waals surface area (Å²) in [5.74, 6) is -0.957. The van der Waals surface area contributed by atoms with Gasteiger partial charge in [-0.15, -0.1) is 0 Å². The first kappa shape index (κ1) is 19.9. The molecule has 2 rings (SSSR count). The van der Waals surface area contributed by atoms with E-state index in [9.17, 15) is 19.3 Å². The van der Waals surface area contributed by atoms with Crippen molar-refractivity contribution in [3.8, 4) is 0 Å². The Kier molecular flexibility index (Phi) is 6.50. The summed E-state index contributed by atoms with van der Waals surface area (Å²) in [7, 11) is 0. The zero-order valence-corrected chi connectivity index (χ0v) is 14.0. The Bertz CT molecular complexity index is 805. The summed E-state index contributed by atoms with van der Waals surface area (Å²) in [6, 6.07) is 3.28. The Morgan fingerprint density at radius 1 is 1.37 bits per heavy atom. The molecule has 0 amide bonds. The number of hydrogen-bond acceptors (Lipinski definition) is 7. The Balaban J connectivity index is 2.23. The van der Waals surface area contributed by atoms with Crippen molar-refractivity contribution in [2.24, 2.45) is 10.2 Å². The van der Waals surface area contributed by atoms with Crippen LogP contribution in [0.15, 0.2) is 34.5 Å². The van der Waals surface area contributed by atoms with Gasteiger partial charge in [0.15, 0.2) is 12.3 Å². The predicted octanol–water partition coefficient (Wildman–Crippen LogP) is 3.23. The molecule has 1 fully saturated rings. The van der Waals surface area contributed by atoms with Gasteiger partial charge >= 0.3 is 5.97 Å². The molecular weight excluding hydrogens is 365 g/mol. The SMILES string of the molecule is CC1O[C@H](CN=[N+]=[N-])[C@H](OC(=O)c2ccc([N+](=O)[O-])cc2)[C@H](F)[C@H]1N=[N+]=[N-]. The Hall–Kier alpha value is -3.40. The molecule has 1 aromatic carbocycles. The molecule has 0 saturated carbocycles. The number of nitro groups is 1. The maximum atomic E-state index is 14.8. The van der Waals surface area contributed by atoms with Gasteiger partial charge < -0.3 is 9.47 Å². The molecule has 0 aliphatic carbocycles. The predicted molar refractivity (Wildman–Crippen MR) is 88.5 cm³/mol. The maximum absolute atomic E-state index is 14.8. The molecule has 5 atom stereocenters. The lowest BCUT2D eigenvalue weighted by atomic mass is 9.95.